The van der Waals surface area contributed by atoms with Gasteiger partial charge in [0.05, 0.1) is 0 Å². The van der Waals surface area contributed by atoms with Gasteiger partial charge in [-0.1, -0.05) is 6.92 Å². The molecule has 26 heavy (non-hydrogen) atoms. The number of guanidine groups is 1. The Morgan fingerprint density at radius 3 is 2.54 bits per heavy atom. The van der Waals surface area contributed by atoms with Gasteiger partial charge >= 0.3 is 0 Å². The molecule has 0 radical (unpaired) electrons. The quantitative estimate of drug-likeness (QED) is 0.348. The normalized spacial score (nSPS) is 11.2. The van der Waals surface area contributed by atoms with Gasteiger partial charge in [0, 0.05) is 38.7 Å². The molecule has 0 spiro atoms. The van der Waals surface area contributed by atoms with Crippen molar-refractivity contribution in [1.29, 1.82) is 0 Å². The first-order chi connectivity index (χ1) is 12.1. The van der Waals surface area contributed by atoms with E-state index in [4.69, 9.17) is 0 Å². The average molecular weight is 478 g/mol. The number of benzene rings is 1. The zero-order valence-corrected chi connectivity index (χ0v) is 17.3. The summed E-state index contributed by atoms with van der Waals surface area (Å²) in [5.41, 5.74) is 0.592. The monoisotopic (exact) mass is 478 g/mol. The van der Waals surface area contributed by atoms with Crippen molar-refractivity contribution in [3.8, 4) is 0 Å². The molecule has 2 aromatic rings. The second-order valence-corrected chi connectivity index (χ2v) is 5.51. The molecule has 2 rings (SSSR count). The Morgan fingerprint density at radius 1 is 1.15 bits per heavy atom. The number of nitrogens with zero attached hydrogens (tertiary/aromatic N) is 4. The van der Waals surface area contributed by atoms with Crippen LogP contribution < -0.4 is 10.6 Å². The van der Waals surface area contributed by atoms with E-state index in [9.17, 15) is 8.78 Å². The second-order valence-electron chi connectivity index (χ2n) is 5.51. The molecule has 0 aliphatic carbocycles. The van der Waals surface area contributed by atoms with Gasteiger partial charge in [-0.2, -0.15) is 0 Å². The highest BCUT2D eigenvalue weighted by atomic mass is 127. The van der Waals surface area contributed by atoms with Gasteiger partial charge in [-0.05, 0) is 31.0 Å². The third-order valence-electron chi connectivity index (χ3n) is 3.59. The first kappa shape index (κ1) is 22.3. The molecule has 0 saturated heterocycles. The minimum atomic E-state index is -0.565. The molecule has 0 aliphatic rings. The van der Waals surface area contributed by atoms with Crippen LogP contribution in [0.15, 0.2) is 29.5 Å². The summed E-state index contributed by atoms with van der Waals surface area (Å²) in [5.74, 6) is 0.483. The summed E-state index contributed by atoms with van der Waals surface area (Å²) in [6.45, 7) is 6.59. The van der Waals surface area contributed by atoms with Crippen molar-refractivity contribution in [2.75, 3.05) is 19.6 Å². The Balaban J connectivity index is 0.00000338. The molecule has 0 fully saturated rings. The molecule has 0 saturated carbocycles. The molecule has 0 unspecified atom stereocenters. The number of aliphatic imine (C=N–C) groups is 1. The Labute approximate surface area is 169 Å². The fourth-order valence-corrected chi connectivity index (χ4v) is 2.43. The fraction of sp³-hybridized carbons (Fsp3) is 0.471. The lowest BCUT2D eigenvalue weighted by molar-refractivity contribution is 0.579. The number of rotatable bonds is 8. The standard InChI is InChI=1S/C17H24F2N6.HI/c1-3-16-24-23-12-25(16)8-7-22-17(20-4-2)21-6-5-13-9-14(18)11-15(19)10-13;/h9-12H,3-8H2,1-2H3,(H2,20,21,22);1H. The summed E-state index contributed by atoms with van der Waals surface area (Å²) >= 11 is 0. The molecule has 0 atom stereocenters. The summed E-state index contributed by atoms with van der Waals surface area (Å²) in [6, 6.07) is 3.53. The minimum absolute atomic E-state index is 0. The lowest BCUT2D eigenvalue weighted by atomic mass is 10.1. The van der Waals surface area contributed by atoms with Crippen molar-refractivity contribution >= 4 is 29.9 Å². The molecule has 1 heterocycles. The van der Waals surface area contributed by atoms with E-state index in [1.807, 2.05) is 18.4 Å². The van der Waals surface area contributed by atoms with Crippen LogP contribution in [-0.4, -0.2) is 40.4 Å². The van der Waals surface area contributed by atoms with Crippen molar-refractivity contribution in [1.82, 2.24) is 25.4 Å². The van der Waals surface area contributed by atoms with Crippen LogP contribution in [0.2, 0.25) is 0 Å². The second kappa shape index (κ2) is 11.8. The maximum absolute atomic E-state index is 13.2. The maximum Gasteiger partial charge on any atom is 0.191 e. The highest BCUT2D eigenvalue weighted by Gasteiger charge is 2.03. The van der Waals surface area contributed by atoms with Crippen molar-refractivity contribution in [3.05, 3.63) is 47.5 Å². The number of nitrogens with one attached hydrogen (secondary N) is 2. The molecular formula is C17H25F2IN6. The smallest absolute Gasteiger partial charge is 0.191 e. The van der Waals surface area contributed by atoms with E-state index in [1.165, 1.54) is 12.1 Å². The Kier molecular flexibility index (Phi) is 10.1. The first-order valence-electron chi connectivity index (χ1n) is 8.46. The van der Waals surface area contributed by atoms with Gasteiger partial charge in [-0.15, -0.1) is 34.2 Å². The highest BCUT2D eigenvalue weighted by molar-refractivity contribution is 14.0. The number of hydrogen-bond acceptors (Lipinski definition) is 3. The molecule has 0 bridgehead atoms. The van der Waals surface area contributed by atoms with Gasteiger partial charge in [0.2, 0.25) is 0 Å². The third-order valence-corrected chi connectivity index (χ3v) is 3.59. The SMILES string of the molecule is CCNC(=NCCc1cc(F)cc(F)c1)NCCn1cnnc1CC.I. The lowest BCUT2D eigenvalue weighted by Crippen LogP contribution is -2.39. The number of aryl methyl sites for hydroxylation is 1. The fourth-order valence-electron chi connectivity index (χ4n) is 2.43. The van der Waals surface area contributed by atoms with Gasteiger partial charge in [0.1, 0.15) is 23.8 Å². The van der Waals surface area contributed by atoms with Gasteiger partial charge in [-0.25, -0.2) is 8.78 Å². The van der Waals surface area contributed by atoms with E-state index in [2.05, 4.69) is 25.8 Å². The Morgan fingerprint density at radius 2 is 1.88 bits per heavy atom. The van der Waals surface area contributed by atoms with Crippen LogP contribution in [0.25, 0.3) is 0 Å². The molecule has 6 nitrogen and oxygen atoms in total. The summed E-state index contributed by atoms with van der Waals surface area (Å²) in [6.07, 6.45) is 3.01. The molecular weight excluding hydrogens is 453 g/mol. The van der Waals surface area contributed by atoms with Crippen molar-refractivity contribution in [2.24, 2.45) is 4.99 Å². The van der Waals surface area contributed by atoms with Gasteiger partial charge in [-0.3, -0.25) is 4.99 Å². The predicted molar refractivity (Wildman–Crippen MR) is 109 cm³/mol. The first-order valence-corrected chi connectivity index (χ1v) is 8.46. The minimum Gasteiger partial charge on any atom is -0.357 e. The van der Waals surface area contributed by atoms with Crippen molar-refractivity contribution < 1.29 is 8.78 Å². The summed E-state index contributed by atoms with van der Waals surface area (Å²) < 4.78 is 28.4. The van der Waals surface area contributed by atoms with Crippen molar-refractivity contribution in [3.63, 3.8) is 0 Å². The van der Waals surface area contributed by atoms with E-state index in [0.29, 0.717) is 31.0 Å². The zero-order valence-electron chi connectivity index (χ0n) is 15.0. The average Bonchev–Trinajstić information content (AvgIpc) is 3.01. The molecule has 0 aliphatic heterocycles. The van der Waals surface area contributed by atoms with Gasteiger partial charge in [0.15, 0.2) is 5.96 Å². The van der Waals surface area contributed by atoms with E-state index < -0.39 is 11.6 Å². The van der Waals surface area contributed by atoms with Crippen molar-refractivity contribution in [2.45, 2.75) is 33.2 Å². The summed E-state index contributed by atoms with van der Waals surface area (Å²) in [7, 11) is 0. The van der Waals surface area contributed by atoms with Gasteiger partial charge < -0.3 is 15.2 Å². The molecule has 2 N–H and O–H groups in total. The van der Waals surface area contributed by atoms with Crippen LogP contribution in [0, 0.1) is 11.6 Å². The molecule has 144 valence electrons. The van der Waals surface area contributed by atoms with Gasteiger partial charge in [0.25, 0.3) is 0 Å². The van der Waals surface area contributed by atoms with Crippen LogP contribution in [0.1, 0.15) is 25.2 Å². The van der Waals surface area contributed by atoms with Crippen LogP contribution >= 0.6 is 24.0 Å². The molecule has 1 aromatic heterocycles. The van der Waals surface area contributed by atoms with E-state index >= 15 is 0 Å². The number of halogens is 3. The van der Waals surface area contributed by atoms with E-state index in [-0.39, 0.29) is 24.0 Å². The lowest BCUT2D eigenvalue weighted by Gasteiger charge is -2.12. The predicted octanol–water partition coefficient (Wildman–Crippen LogP) is 2.53. The third kappa shape index (κ3) is 7.22. The topological polar surface area (TPSA) is 67.1 Å². The summed E-state index contributed by atoms with van der Waals surface area (Å²) in [5, 5.41) is 14.3. The zero-order chi connectivity index (χ0) is 18.1. The Bertz CT molecular complexity index is 684. The summed E-state index contributed by atoms with van der Waals surface area (Å²) in [4.78, 5) is 4.44. The van der Waals surface area contributed by atoms with Crippen LogP contribution in [0.3, 0.4) is 0 Å². The van der Waals surface area contributed by atoms with Crippen LogP contribution in [0.4, 0.5) is 8.78 Å². The van der Waals surface area contributed by atoms with E-state index in [0.717, 1.165) is 31.4 Å². The number of hydrogen-bond donors (Lipinski definition) is 2. The molecule has 1 aromatic carbocycles. The highest BCUT2D eigenvalue weighted by Crippen LogP contribution is 2.08. The molecule has 9 heteroatoms. The Hall–Kier alpha value is -1.78. The number of aromatic nitrogens is 3. The largest absolute Gasteiger partial charge is 0.357 e. The van der Waals surface area contributed by atoms with E-state index in [1.54, 1.807) is 6.33 Å². The van der Waals surface area contributed by atoms with Crippen LogP contribution in [-0.2, 0) is 19.4 Å². The van der Waals surface area contributed by atoms with Crippen LogP contribution in [0.5, 0.6) is 0 Å². The molecule has 0 amide bonds. The maximum atomic E-state index is 13.2.